The minimum absolute atomic E-state index is 0.104. The summed E-state index contributed by atoms with van der Waals surface area (Å²) in [5, 5.41) is 5.78. The van der Waals surface area contributed by atoms with Crippen LogP contribution in [-0.2, 0) is 9.53 Å². The highest BCUT2D eigenvalue weighted by atomic mass is 19.1. The third-order valence-corrected chi connectivity index (χ3v) is 6.98. The van der Waals surface area contributed by atoms with Gasteiger partial charge in [0.15, 0.2) is 0 Å². The third-order valence-electron chi connectivity index (χ3n) is 6.98. The molecule has 3 aromatic rings. The number of hydrogen-bond donors (Lipinski definition) is 2. The smallest absolute Gasteiger partial charge is 0.251 e. The highest BCUT2D eigenvalue weighted by Gasteiger charge is 2.40. The molecule has 0 aromatic heterocycles. The molecule has 3 aromatic carbocycles. The van der Waals surface area contributed by atoms with Crippen molar-refractivity contribution in [1.29, 1.82) is 0 Å². The maximum Gasteiger partial charge on any atom is 0.251 e. The number of benzene rings is 3. The molecule has 2 N–H and O–H groups in total. The fourth-order valence-electron chi connectivity index (χ4n) is 4.92. The summed E-state index contributed by atoms with van der Waals surface area (Å²) in [6.07, 6.45) is 1.37. The lowest BCUT2D eigenvalue weighted by molar-refractivity contribution is -0.123. The summed E-state index contributed by atoms with van der Waals surface area (Å²) in [5.74, 6) is -0.148. The molecular formula is C29H29FN2O4. The second-order valence-electron chi connectivity index (χ2n) is 9.28. The maximum absolute atomic E-state index is 13.5. The molecule has 2 atom stereocenters. The Hall–Kier alpha value is -3.71. The quantitative estimate of drug-likeness (QED) is 0.531. The monoisotopic (exact) mass is 488 g/mol. The molecule has 2 unspecified atom stereocenters. The van der Waals surface area contributed by atoms with E-state index in [0.29, 0.717) is 23.8 Å². The van der Waals surface area contributed by atoms with Gasteiger partial charge in [0.1, 0.15) is 23.6 Å². The molecule has 7 heteroatoms. The Balaban J connectivity index is 1.39. The van der Waals surface area contributed by atoms with Crippen molar-refractivity contribution in [3.05, 3.63) is 89.2 Å². The van der Waals surface area contributed by atoms with Crippen LogP contribution in [0.5, 0.6) is 5.75 Å². The number of halogens is 1. The van der Waals surface area contributed by atoms with Gasteiger partial charge < -0.3 is 20.1 Å². The number of amides is 2. The maximum atomic E-state index is 13.5. The molecule has 5 rings (SSSR count). The normalized spacial score (nSPS) is 19.3. The first kappa shape index (κ1) is 24.0. The molecule has 6 nitrogen and oxygen atoms in total. The molecule has 186 valence electrons. The van der Waals surface area contributed by atoms with E-state index in [0.717, 1.165) is 48.3 Å². The number of hydrogen-bond acceptors (Lipinski definition) is 4. The summed E-state index contributed by atoms with van der Waals surface area (Å²) in [6, 6.07) is 19.2. The van der Waals surface area contributed by atoms with Gasteiger partial charge in [-0.1, -0.05) is 30.3 Å². The zero-order valence-electron chi connectivity index (χ0n) is 20.1. The first-order valence-corrected chi connectivity index (χ1v) is 12.3. The van der Waals surface area contributed by atoms with E-state index in [1.807, 2.05) is 36.4 Å². The molecule has 2 heterocycles. The molecule has 0 spiro atoms. The number of ether oxygens (including phenoxy) is 2. The number of fused-ring (bicyclic) bond motifs is 1. The topological polar surface area (TPSA) is 76.7 Å². The summed E-state index contributed by atoms with van der Waals surface area (Å²) in [4.78, 5) is 25.7. The van der Waals surface area contributed by atoms with Crippen LogP contribution in [0.4, 0.5) is 4.39 Å². The van der Waals surface area contributed by atoms with E-state index in [2.05, 4.69) is 10.6 Å². The minimum atomic E-state index is -0.582. The van der Waals surface area contributed by atoms with Crippen molar-refractivity contribution in [3.8, 4) is 16.9 Å². The van der Waals surface area contributed by atoms with Gasteiger partial charge in [0, 0.05) is 37.9 Å². The van der Waals surface area contributed by atoms with Crippen LogP contribution in [0.25, 0.3) is 11.1 Å². The van der Waals surface area contributed by atoms with E-state index < -0.39 is 12.0 Å². The van der Waals surface area contributed by atoms with Crippen LogP contribution >= 0.6 is 0 Å². The Kier molecular flexibility index (Phi) is 7.00. The first-order valence-electron chi connectivity index (χ1n) is 12.3. The van der Waals surface area contributed by atoms with Crippen molar-refractivity contribution in [1.82, 2.24) is 10.6 Å². The summed E-state index contributed by atoms with van der Waals surface area (Å²) < 4.78 is 25.0. The highest BCUT2D eigenvalue weighted by molar-refractivity contribution is 5.95. The van der Waals surface area contributed by atoms with E-state index >= 15 is 0 Å². The number of likely N-dealkylation sites (N-methyl/N-ethyl adjacent to an activating group) is 1. The summed E-state index contributed by atoms with van der Waals surface area (Å²) in [5.41, 5.74) is 3.83. The predicted octanol–water partition coefficient (Wildman–Crippen LogP) is 4.61. The first-order chi connectivity index (χ1) is 17.5. The number of rotatable bonds is 6. The molecule has 1 fully saturated rings. The molecule has 2 aliphatic heterocycles. The fourth-order valence-corrected chi connectivity index (χ4v) is 4.92. The van der Waals surface area contributed by atoms with Crippen molar-refractivity contribution in [3.63, 3.8) is 0 Å². The lowest BCUT2D eigenvalue weighted by Gasteiger charge is -2.22. The summed E-state index contributed by atoms with van der Waals surface area (Å²) in [7, 11) is 1.59. The SMILES string of the molecule is CNC(=O)C1c2cc(-c3cccc(C(=O)NCC4CCOCC4)c3)ccc2OC1c1ccc(F)cc1. The Morgan fingerprint density at radius 3 is 2.47 bits per heavy atom. The molecule has 2 amide bonds. The standard InChI is InChI=1S/C29H29FN2O4/c1-31-29(34)26-24-16-21(7-10-25(24)36-27(26)19-5-8-23(30)9-6-19)20-3-2-4-22(15-20)28(33)32-17-18-11-13-35-14-12-18/h2-10,15-16,18,26-27H,11-14,17H2,1H3,(H,31,34)(H,32,33). The third kappa shape index (κ3) is 4.97. The van der Waals surface area contributed by atoms with Gasteiger partial charge in [0.05, 0.1) is 0 Å². The molecule has 0 bridgehead atoms. The second kappa shape index (κ2) is 10.5. The van der Waals surface area contributed by atoms with Crippen LogP contribution in [0.15, 0.2) is 66.7 Å². The predicted molar refractivity (Wildman–Crippen MR) is 134 cm³/mol. The molecule has 36 heavy (non-hydrogen) atoms. The molecule has 0 saturated carbocycles. The van der Waals surface area contributed by atoms with Gasteiger partial charge in [-0.3, -0.25) is 9.59 Å². The lowest BCUT2D eigenvalue weighted by Crippen LogP contribution is -2.32. The van der Waals surface area contributed by atoms with Crippen LogP contribution in [0.3, 0.4) is 0 Å². The Labute approximate surface area is 209 Å². The van der Waals surface area contributed by atoms with Gasteiger partial charge in [0.25, 0.3) is 5.91 Å². The molecule has 1 saturated heterocycles. The van der Waals surface area contributed by atoms with Crippen molar-refractivity contribution in [2.45, 2.75) is 24.9 Å². The van der Waals surface area contributed by atoms with Gasteiger partial charge >= 0.3 is 0 Å². The van der Waals surface area contributed by atoms with Crippen molar-refractivity contribution in [2.75, 3.05) is 26.8 Å². The molecule has 0 aliphatic carbocycles. The van der Waals surface area contributed by atoms with Crippen LogP contribution < -0.4 is 15.4 Å². The van der Waals surface area contributed by atoms with E-state index in [1.165, 1.54) is 12.1 Å². The molecule has 0 radical (unpaired) electrons. The number of nitrogens with one attached hydrogen (secondary N) is 2. The van der Waals surface area contributed by atoms with Crippen LogP contribution in [0, 0.1) is 11.7 Å². The van der Waals surface area contributed by atoms with Crippen LogP contribution in [-0.4, -0.2) is 38.6 Å². The zero-order chi connectivity index (χ0) is 25.1. The minimum Gasteiger partial charge on any atom is -0.484 e. The van der Waals surface area contributed by atoms with Crippen LogP contribution in [0.2, 0.25) is 0 Å². The van der Waals surface area contributed by atoms with Crippen LogP contribution in [0.1, 0.15) is 46.3 Å². The van der Waals surface area contributed by atoms with Crippen molar-refractivity contribution in [2.24, 2.45) is 5.92 Å². The van der Waals surface area contributed by atoms with Gasteiger partial charge in [-0.05, 0) is 71.8 Å². The summed E-state index contributed by atoms with van der Waals surface area (Å²) in [6.45, 7) is 2.13. The van der Waals surface area contributed by atoms with E-state index in [9.17, 15) is 14.0 Å². The van der Waals surface area contributed by atoms with E-state index in [4.69, 9.17) is 9.47 Å². The van der Waals surface area contributed by atoms with Gasteiger partial charge in [-0.25, -0.2) is 4.39 Å². The highest BCUT2D eigenvalue weighted by Crippen LogP contribution is 2.47. The second-order valence-corrected chi connectivity index (χ2v) is 9.28. The number of carbonyl (C=O) groups is 2. The largest absolute Gasteiger partial charge is 0.484 e. The van der Waals surface area contributed by atoms with Gasteiger partial charge in [-0.2, -0.15) is 0 Å². The average molecular weight is 489 g/mol. The Bertz CT molecular complexity index is 1250. The zero-order valence-corrected chi connectivity index (χ0v) is 20.1. The molecule has 2 aliphatic rings. The Morgan fingerprint density at radius 1 is 0.972 bits per heavy atom. The van der Waals surface area contributed by atoms with Gasteiger partial charge in [-0.15, -0.1) is 0 Å². The Morgan fingerprint density at radius 2 is 1.72 bits per heavy atom. The lowest BCUT2D eigenvalue weighted by atomic mass is 9.88. The molecular weight excluding hydrogens is 459 g/mol. The van der Waals surface area contributed by atoms with Gasteiger partial charge in [0.2, 0.25) is 5.91 Å². The summed E-state index contributed by atoms with van der Waals surface area (Å²) >= 11 is 0. The number of carbonyl (C=O) groups excluding carboxylic acids is 2. The van der Waals surface area contributed by atoms with Crippen molar-refractivity contribution < 1.29 is 23.5 Å². The van der Waals surface area contributed by atoms with E-state index in [-0.39, 0.29) is 17.6 Å². The average Bonchev–Trinajstić information content (AvgIpc) is 3.31. The van der Waals surface area contributed by atoms with Crippen molar-refractivity contribution >= 4 is 11.8 Å². The van der Waals surface area contributed by atoms with E-state index in [1.54, 1.807) is 25.2 Å². The fraction of sp³-hybridized carbons (Fsp3) is 0.310.